The summed E-state index contributed by atoms with van der Waals surface area (Å²) < 4.78 is 63.9. The number of benzene rings is 1. The topological polar surface area (TPSA) is 92.1 Å². The van der Waals surface area contributed by atoms with Gasteiger partial charge in [-0.05, 0) is 25.0 Å². The Morgan fingerprint density at radius 1 is 1.29 bits per heavy atom. The molecule has 0 aliphatic heterocycles. The average molecular weight is 359 g/mol. The number of nitriles is 1. The van der Waals surface area contributed by atoms with E-state index in [1.54, 1.807) is 0 Å². The van der Waals surface area contributed by atoms with Crippen molar-refractivity contribution in [2.75, 3.05) is 6.26 Å². The molecular weight excluding hydrogens is 347 g/mol. The molecule has 9 heteroatoms. The molecule has 0 aromatic heterocycles. The second-order valence-corrected chi connectivity index (χ2v) is 7.48. The minimum Gasteiger partial charge on any atom is -0.294 e. The minimum atomic E-state index is -4.95. The molecule has 1 saturated carbocycles. The molecule has 128 valence electrons. The van der Waals surface area contributed by atoms with Gasteiger partial charge in [0.1, 0.15) is 0 Å². The van der Waals surface area contributed by atoms with Gasteiger partial charge in [0.25, 0.3) is 0 Å². The van der Waals surface area contributed by atoms with E-state index in [-0.39, 0.29) is 0 Å². The van der Waals surface area contributed by atoms with Crippen molar-refractivity contribution >= 4 is 21.4 Å². The number of nitrogens with zero attached hydrogens (tertiary/aromatic N) is 1. The number of carbonyl (C=O) groups is 2. The molecule has 2 rings (SSSR count). The molecule has 0 amide bonds. The van der Waals surface area contributed by atoms with Gasteiger partial charge in [0.15, 0.2) is 21.4 Å². The fraction of sp³-hybridized carbons (Fsp3) is 0.400. The number of Topliss-reactive ketones (excluding diaryl/α,β-unsaturated/α-hetero) is 2. The maximum Gasteiger partial charge on any atom is 0.417 e. The van der Waals surface area contributed by atoms with Gasteiger partial charge in [-0.15, -0.1) is 0 Å². The summed E-state index contributed by atoms with van der Waals surface area (Å²) in [5.74, 6) is -2.56. The molecule has 0 bridgehead atoms. The lowest BCUT2D eigenvalue weighted by Gasteiger charge is -2.17. The van der Waals surface area contributed by atoms with Gasteiger partial charge in [-0.2, -0.15) is 18.4 Å². The first kappa shape index (κ1) is 18.1. The van der Waals surface area contributed by atoms with Crippen molar-refractivity contribution in [2.24, 2.45) is 5.92 Å². The number of ketones is 2. The Morgan fingerprint density at radius 2 is 1.88 bits per heavy atom. The van der Waals surface area contributed by atoms with Gasteiger partial charge >= 0.3 is 6.18 Å². The van der Waals surface area contributed by atoms with Gasteiger partial charge in [0, 0.05) is 23.3 Å². The minimum absolute atomic E-state index is 0.371. The third-order valence-electron chi connectivity index (χ3n) is 3.57. The highest BCUT2D eigenvalue weighted by Gasteiger charge is 2.43. The molecule has 24 heavy (non-hydrogen) atoms. The molecule has 0 N–H and O–H groups in total. The van der Waals surface area contributed by atoms with Crippen LogP contribution >= 0.6 is 0 Å². The summed E-state index contributed by atoms with van der Waals surface area (Å²) in [5.41, 5.74) is -2.93. The third-order valence-corrected chi connectivity index (χ3v) is 4.73. The molecule has 0 radical (unpaired) electrons. The molecule has 0 heterocycles. The number of sulfone groups is 1. The Labute approximate surface area is 136 Å². The van der Waals surface area contributed by atoms with Crippen LogP contribution in [0.5, 0.6) is 0 Å². The monoisotopic (exact) mass is 359 g/mol. The number of carbonyl (C=O) groups excluding carboxylic acids is 2. The summed E-state index contributed by atoms with van der Waals surface area (Å²) in [4.78, 5) is 23.4. The smallest absolute Gasteiger partial charge is 0.294 e. The zero-order valence-electron chi connectivity index (χ0n) is 12.5. The SMILES string of the molecule is CS(=O)(=O)c1c(C(=O)CC#N)ccc(C(F)(F)F)c1C(=O)C1CC1. The Kier molecular flexibility index (Phi) is 4.55. The highest BCUT2D eigenvalue weighted by atomic mass is 32.2. The Balaban J connectivity index is 2.88. The second-order valence-electron chi connectivity index (χ2n) is 5.53. The first-order valence-corrected chi connectivity index (χ1v) is 8.76. The predicted molar refractivity (Wildman–Crippen MR) is 76.2 cm³/mol. The highest BCUT2D eigenvalue weighted by molar-refractivity contribution is 7.90. The van der Waals surface area contributed by atoms with E-state index >= 15 is 0 Å². The van der Waals surface area contributed by atoms with E-state index < -0.39 is 61.5 Å². The van der Waals surface area contributed by atoms with Crippen molar-refractivity contribution < 1.29 is 31.2 Å². The van der Waals surface area contributed by atoms with Gasteiger partial charge in [0.05, 0.1) is 22.9 Å². The van der Waals surface area contributed by atoms with Gasteiger partial charge in [-0.3, -0.25) is 9.59 Å². The zero-order chi connectivity index (χ0) is 18.3. The average Bonchev–Trinajstić information content (AvgIpc) is 3.27. The quantitative estimate of drug-likeness (QED) is 0.754. The van der Waals surface area contributed by atoms with Gasteiger partial charge in [-0.25, -0.2) is 8.42 Å². The number of halogens is 3. The summed E-state index contributed by atoms with van der Waals surface area (Å²) in [5, 5.41) is 8.59. The van der Waals surface area contributed by atoms with Crippen LogP contribution in [0.25, 0.3) is 0 Å². The Bertz CT molecular complexity index is 862. The molecule has 0 unspecified atom stereocenters. The van der Waals surface area contributed by atoms with E-state index in [0.29, 0.717) is 31.2 Å². The van der Waals surface area contributed by atoms with Gasteiger partial charge in [-0.1, -0.05) is 0 Å². The number of rotatable bonds is 5. The van der Waals surface area contributed by atoms with Crippen LogP contribution < -0.4 is 0 Å². The second kappa shape index (κ2) is 6.02. The molecule has 0 saturated heterocycles. The fourth-order valence-corrected chi connectivity index (χ4v) is 3.55. The Hall–Kier alpha value is -2.21. The van der Waals surface area contributed by atoms with Crippen LogP contribution in [0, 0.1) is 17.2 Å². The van der Waals surface area contributed by atoms with E-state index in [4.69, 9.17) is 5.26 Å². The lowest BCUT2D eigenvalue weighted by Crippen LogP contribution is -2.21. The van der Waals surface area contributed by atoms with Crippen molar-refractivity contribution in [1.29, 1.82) is 5.26 Å². The van der Waals surface area contributed by atoms with Gasteiger partial charge in [0.2, 0.25) is 0 Å². The van der Waals surface area contributed by atoms with E-state index in [1.165, 1.54) is 6.07 Å². The molecule has 1 aliphatic rings. The summed E-state index contributed by atoms with van der Waals surface area (Å²) in [6.07, 6.45) is -4.28. The Morgan fingerprint density at radius 3 is 2.29 bits per heavy atom. The normalized spacial score (nSPS) is 15.0. The first-order chi connectivity index (χ1) is 11.0. The maximum atomic E-state index is 13.3. The predicted octanol–water partition coefficient (Wildman–Crippen LogP) is 2.80. The van der Waals surface area contributed by atoms with Crippen LogP contribution in [-0.2, 0) is 16.0 Å². The van der Waals surface area contributed by atoms with Crippen LogP contribution in [0.1, 0.15) is 45.5 Å². The third kappa shape index (κ3) is 3.48. The highest BCUT2D eigenvalue weighted by Crippen LogP contribution is 2.41. The van der Waals surface area contributed by atoms with Crippen molar-refractivity contribution in [3.8, 4) is 6.07 Å². The van der Waals surface area contributed by atoms with E-state index in [0.717, 1.165) is 0 Å². The summed E-state index contributed by atoms with van der Waals surface area (Å²) in [6.45, 7) is 0. The van der Waals surface area contributed by atoms with Crippen molar-refractivity contribution in [3.63, 3.8) is 0 Å². The van der Waals surface area contributed by atoms with Crippen LogP contribution in [0.2, 0.25) is 0 Å². The van der Waals surface area contributed by atoms with Crippen molar-refractivity contribution in [3.05, 3.63) is 28.8 Å². The van der Waals surface area contributed by atoms with Crippen LogP contribution in [0.4, 0.5) is 13.2 Å². The molecule has 0 atom stereocenters. The maximum absolute atomic E-state index is 13.3. The van der Waals surface area contributed by atoms with E-state index in [9.17, 15) is 31.2 Å². The summed E-state index contributed by atoms with van der Waals surface area (Å²) in [7, 11) is -4.31. The van der Waals surface area contributed by atoms with Crippen LogP contribution in [0.3, 0.4) is 0 Å². The molecular formula is C15H12F3NO4S. The van der Waals surface area contributed by atoms with Crippen molar-refractivity contribution in [2.45, 2.75) is 30.3 Å². The van der Waals surface area contributed by atoms with E-state index in [2.05, 4.69) is 0 Å². The van der Waals surface area contributed by atoms with Crippen LogP contribution in [0.15, 0.2) is 17.0 Å². The summed E-state index contributed by atoms with van der Waals surface area (Å²) >= 11 is 0. The standard InChI is InChI=1S/C15H12F3NO4S/c1-24(22,23)14-9(11(20)6-7-19)4-5-10(15(16,17)18)12(14)13(21)8-2-3-8/h4-5,8H,2-3,6H2,1H3. The molecule has 1 aromatic carbocycles. The molecule has 1 aromatic rings. The molecule has 1 aliphatic carbocycles. The number of hydrogen-bond acceptors (Lipinski definition) is 5. The number of alkyl halides is 3. The molecule has 0 spiro atoms. The lowest BCUT2D eigenvalue weighted by molar-refractivity contribution is -0.138. The van der Waals surface area contributed by atoms with E-state index in [1.807, 2.05) is 0 Å². The summed E-state index contributed by atoms with van der Waals surface area (Å²) in [6, 6.07) is 2.76. The van der Waals surface area contributed by atoms with Gasteiger partial charge < -0.3 is 0 Å². The zero-order valence-corrected chi connectivity index (χ0v) is 13.3. The van der Waals surface area contributed by atoms with Crippen LogP contribution in [-0.4, -0.2) is 26.2 Å². The lowest BCUT2D eigenvalue weighted by atomic mass is 9.95. The number of hydrogen-bond donors (Lipinski definition) is 0. The largest absolute Gasteiger partial charge is 0.417 e. The first-order valence-electron chi connectivity index (χ1n) is 6.87. The molecule has 5 nitrogen and oxygen atoms in total. The fourth-order valence-electron chi connectivity index (χ4n) is 2.38. The molecule has 1 fully saturated rings. The van der Waals surface area contributed by atoms with Crippen molar-refractivity contribution in [1.82, 2.24) is 0 Å².